The van der Waals surface area contributed by atoms with E-state index in [2.05, 4.69) is 10.5 Å². The molecule has 0 bridgehead atoms. The molecule has 26 heavy (non-hydrogen) atoms. The highest BCUT2D eigenvalue weighted by molar-refractivity contribution is 6.42. The van der Waals surface area contributed by atoms with Gasteiger partial charge >= 0.3 is 0 Å². The Morgan fingerprint density at radius 1 is 1.04 bits per heavy atom. The van der Waals surface area contributed by atoms with Gasteiger partial charge in [-0.1, -0.05) is 64.8 Å². The van der Waals surface area contributed by atoms with Crippen LogP contribution in [0.15, 0.2) is 65.8 Å². The van der Waals surface area contributed by atoms with E-state index >= 15 is 0 Å². The summed E-state index contributed by atoms with van der Waals surface area (Å²) in [5.74, 6) is -0.286. The van der Waals surface area contributed by atoms with E-state index in [-0.39, 0.29) is 5.91 Å². The Morgan fingerprint density at radius 2 is 1.81 bits per heavy atom. The number of hydrogen-bond donors (Lipinski definition) is 1. The summed E-state index contributed by atoms with van der Waals surface area (Å²) in [5, 5.41) is 9.72. The van der Waals surface area contributed by atoms with Crippen LogP contribution in [0.4, 0.5) is 5.69 Å². The minimum absolute atomic E-state index is 0.286. The van der Waals surface area contributed by atoms with Crippen molar-refractivity contribution in [3.8, 4) is 0 Å². The molecule has 132 valence electrons. The molecule has 0 fully saturated rings. The molecule has 0 heterocycles. The van der Waals surface area contributed by atoms with Crippen molar-refractivity contribution in [3.63, 3.8) is 0 Å². The molecule has 1 unspecified atom stereocenters. The zero-order chi connectivity index (χ0) is 18.5. The van der Waals surface area contributed by atoms with Gasteiger partial charge in [-0.3, -0.25) is 4.79 Å². The van der Waals surface area contributed by atoms with Gasteiger partial charge in [-0.2, -0.15) is 0 Å². The van der Waals surface area contributed by atoms with Gasteiger partial charge in [0.2, 0.25) is 6.10 Å². The number of carbonyl (C=O) groups is 1. The minimum atomic E-state index is -0.750. The first kappa shape index (κ1) is 18.2. The van der Waals surface area contributed by atoms with E-state index in [1.54, 1.807) is 25.1 Å². The SMILES string of the molecule is CC(O/N=C/c1ccc(Cl)c(Cl)c1)C(=O)Nc1ccc2ccccc2c1. The zero-order valence-electron chi connectivity index (χ0n) is 13.9. The molecule has 1 atom stereocenters. The molecule has 3 aromatic carbocycles. The number of amides is 1. The quantitative estimate of drug-likeness (QED) is 0.463. The summed E-state index contributed by atoms with van der Waals surface area (Å²) in [6, 6.07) is 18.7. The molecule has 0 aliphatic carbocycles. The van der Waals surface area contributed by atoms with Crippen molar-refractivity contribution in [3.05, 3.63) is 76.3 Å². The second kappa shape index (κ2) is 8.21. The van der Waals surface area contributed by atoms with Gasteiger partial charge in [-0.05, 0) is 47.5 Å². The lowest BCUT2D eigenvalue weighted by molar-refractivity contribution is -0.126. The second-order valence-corrected chi connectivity index (χ2v) is 6.52. The Morgan fingerprint density at radius 3 is 2.58 bits per heavy atom. The number of oxime groups is 1. The van der Waals surface area contributed by atoms with Gasteiger partial charge in [0.25, 0.3) is 5.91 Å². The number of rotatable bonds is 5. The Hall–Kier alpha value is -2.56. The second-order valence-electron chi connectivity index (χ2n) is 5.71. The van der Waals surface area contributed by atoms with E-state index < -0.39 is 6.10 Å². The fourth-order valence-corrected chi connectivity index (χ4v) is 2.64. The molecule has 0 aromatic heterocycles. The summed E-state index contributed by atoms with van der Waals surface area (Å²) in [6.07, 6.45) is 0.725. The maximum atomic E-state index is 12.2. The molecule has 0 radical (unpaired) electrons. The molecular formula is C20H16Cl2N2O2. The monoisotopic (exact) mass is 386 g/mol. The Labute approximate surface area is 161 Å². The van der Waals surface area contributed by atoms with Crippen LogP contribution in [-0.2, 0) is 9.63 Å². The van der Waals surface area contributed by atoms with Crippen molar-refractivity contribution >= 4 is 51.8 Å². The van der Waals surface area contributed by atoms with Crippen LogP contribution in [0.3, 0.4) is 0 Å². The summed E-state index contributed by atoms with van der Waals surface area (Å²) < 4.78 is 0. The van der Waals surface area contributed by atoms with Crippen LogP contribution < -0.4 is 5.32 Å². The van der Waals surface area contributed by atoms with E-state index in [0.29, 0.717) is 15.7 Å². The number of benzene rings is 3. The van der Waals surface area contributed by atoms with Crippen LogP contribution in [0.25, 0.3) is 10.8 Å². The van der Waals surface area contributed by atoms with E-state index in [9.17, 15) is 4.79 Å². The number of hydrogen-bond acceptors (Lipinski definition) is 3. The number of halogens is 2. The molecule has 6 heteroatoms. The lowest BCUT2D eigenvalue weighted by Crippen LogP contribution is -2.26. The third-order valence-electron chi connectivity index (χ3n) is 3.75. The molecule has 3 rings (SSSR count). The molecule has 0 saturated heterocycles. The summed E-state index contributed by atoms with van der Waals surface area (Å²) in [5.41, 5.74) is 1.43. The van der Waals surface area contributed by atoms with Gasteiger partial charge < -0.3 is 10.2 Å². The van der Waals surface area contributed by atoms with E-state index in [0.717, 1.165) is 16.3 Å². The van der Waals surface area contributed by atoms with Crippen LogP contribution in [0.2, 0.25) is 10.0 Å². The summed E-state index contributed by atoms with van der Waals surface area (Å²) in [7, 11) is 0. The fourth-order valence-electron chi connectivity index (χ4n) is 2.33. The van der Waals surface area contributed by atoms with Crippen molar-refractivity contribution in [2.75, 3.05) is 5.32 Å². The smallest absolute Gasteiger partial charge is 0.267 e. The Balaban J connectivity index is 1.59. The number of nitrogens with one attached hydrogen (secondary N) is 1. The molecule has 0 aliphatic heterocycles. The Kier molecular flexibility index (Phi) is 5.76. The van der Waals surface area contributed by atoms with E-state index in [1.807, 2.05) is 42.5 Å². The average molecular weight is 387 g/mol. The predicted octanol–water partition coefficient (Wildman–Crippen LogP) is 5.52. The normalized spacial score (nSPS) is 12.3. The third-order valence-corrected chi connectivity index (χ3v) is 4.49. The average Bonchev–Trinajstić information content (AvgIpc) is 2.64. The van der Waals surface area contributed by atoms with Gasteiger partial charge in [0.15, 0.2) is 0 Å². The fraction of sp³-hybridized carbons (Fsp3) is 0.100. The van der Waals surface area contributed by atoms with Gasteiger partial charge in [-0.15, -0.1) is 0 Å². The van der Waals surface area contributed by atoms with Crippen molar-refractivity contribution in [1.29, 1.82) is 0 Å². The molecule has 0 aliphatic rings. The third kappa shape index (κ3) is 4.54. The minimum Gasteiger partial charge on any atom is -0.383 e. The maximum absolute atomic E-state index is 12.2. The first-order valence-electron chi connectivity index (χ1n) is 7.97. The molecule has 4 nitrogen and oxygen atoms in total. The van der Waals surface area contributed by atoms with Gasteiger partial charge in [0, 0.05) is 5.69 Å². The number of nitrogens with zero attached hydrogens (tertiary/aromatic N) is 1. The Bertz CT molecular complexity index is 973. The van der Waals surface area contributed by atoms with Crippen LogP contribution >= 0.6 is 23.2 Å². The lowest BCUT2D eigenvalue weighted by atomic mass is 10.1. The van der Waals surface area contributed by atoms with Crippen LogP contribution in [0, 0.1) is 0 Å². The van der Waals surface area contributed by atoms with Crippen LogP contribution in [-0.4, -0.2) is 18.2 Å². The zero-order valence-corrected chi connectivity index (χ0v) is 15.5. The first-order valence-corrected chi connectivity index (χ1v) is 8.72. The largest absolute Gasteiger partial charge is 0.383 e. The highest BCUT2D eigenvalue weighted by atomic mass is 35.5. The van der Waals surface area contributed by atoms with Gasteiger partial charge in [-0.25, -0.2) is 0 Å². The summed E-state index contributed by atoms with van der Waals surface area (Å²) >= 11 is 11.8. The topological polar surface area (TPSA) is 50.7 Å². The van der Waals surface area contributed by atoms with Crippen molar-refractivity contribution in [1.82, 2.24) is 0 Å². The number of anilines is 1. The van der Waals surface area contributed by atoms with Crippen LogP contribution in [0.1, 0.15) is 12.5 Å². The molecule has 1 amide bonds. The van der Waals surface area contributed by atoms with Gasteiger partial charge in [0.05, 0.1) is 16.3 Å². The predicted molar refractivity (Wildman–Crippen MR) is 107 cm³/mol. The number of carbonyl (C=O) groups excluding carboxylic acids is 1. The lowest BCUT2D eigenvalue weighted by Gasteiger charge is -2.11. The molecule has 1 N–H and O–H groups in total. The van der Waals surface area contributed by atoms with Crippen molar-refractivity contribution < 1.29 is 9.63 Å². The van der Waals surface area contributed by atoms with E-state index in [1.165, 1.54) is 6.21 Å². The van der Waals surface area contributed by atoms with E-state index in [4.69, 9.17) is 28.0 Å². The van der Waals surface area contributed by atoms with Crippen LogP contribution in [0.5, 0.6) is 0 Å². The highest BCUT2D eigenvalue weighted by Gasteiger charge is 2.14. The van der Waals surface area contributed by atoms with Crippen molar-refractivity contribution in [2.24, 2.45) is 5.16 Å². The highest BCUT2D eigenvalue weighted by Crippen LogP contribution is 2.22. The first-order chi connectivity index (χ1) is 12.5. The molecular weight excluding hydrogens is 371 g/mol. The molecule has 0 spiro atoms. The van der Waals surface area contributed by atoms with Gasteiger partial charge in [0.1, 0.15) is 0 Å². The molecule has 0 saturated carbocycles. The molecule has 3 aromatic rings. The van der Waals surface area contributed by atoms with Crippen molar-refractivity contribution in [2.45, 2.75) is 13.0 Å². The summed E-state index contributed by atoms with van der Waals surface area (Å²) in [4.78, 5) is 17.5. The standard InChI is InChI=1S/C20H16Cl2N2O2/c1-13(26-23-12-14-6-9-18(21)19(22)10-14)20(25)24-17-8-7-15-4-2-3-5-16(15)11-17/h2-13H,1H3,(H,24,25)/b23-12+. The number of fused-ring (bicyclic) bond motifs is 1. The maximum Gasteiger partial charge on any atom is 0.267 e. The summed E-state index contributed by atoms with van der Waals surface area (Å²) in [6.45, 7) is 1.63.